The molecule has 1 aliphatic rings. The van der Waals surface area contributed by atoms with Crippen molar-refractivity contribution in [2.24, 2.45) is 0 Å². The summed E-state index contributed by atoms with van der Waals surface area (Å²) in [7, 11) is 0. The molecule has 160 valence electrons. The number of carbonyl (C=O) groups excluding carboxylic acids is 1. The first-order chi connectivity index (χ1) is 14.3. The zero-order chi connectivity index (χ0) is 21.3. The molecule has 0 atom stereocenters. The van der Waals surface area contributed by atoms with Gasteiger partial charge in [0.25, 0.3) is 5.56 Å². The van der Waals surface area contributed by atoms with Gasteiger partial charge in [-0.25, -0.2) is 4.98 Å². The van der Waals surface area contributed by atoms with Crippen molar-refractivity contribution in [3.8, 4) is 0 Å². The van der Waals surface area contributed by atoms with Crippen LogP contribution < -0.4 is 5.56 Å². The maximum absolute atomic E-state index is 13.1. The van der Waals surface area contributed by atoms with Crippen molar-refractivity contribution in [1.82, 2.24) is 14.5 Å². The van der Waals surface area contributed by atoms with Crippen LogP contribution in [0.15, 0.2) is 33.9 Å². The summed E-state index contributed by atoms with van der Waals surface area (Å²) in [5.41, 5.74) is 0.604. The number of rotatable bonds is 5. The molecule has 6 nitrogen and oxygen atoms in total. The summed E-state index contributed by atoms with van der Waals surface area (Å²) >= 11 is 1.49. The van der Waals surface area contributed by atoms with Gasteiger partial charge in [0.1, 0.15) is 23.7 Å². The van der Waals surface area contributed by atoms with Crippen molar-refractivity contribution in [2.75, 3.05) is 6.54 Å². The minimum atomic E-state index is -4.57. The van der Waals surface area contributed by atoms with Gasteiger partial charge in [-0.15, -0.1) is 11.3 Å². The van der Waals surface area contributed by atoms with Crippen molar-refractivity contribution < 1.29 is 22.4 Å². The largest absolute Gasteiger partial charge is 0.467 e. The summed E-state index contributed by atoms with van der Waals surface area (Å²) in [4.78, 5) is 32.5. The lowest BCUT2D eigenvalue weighted by molar-refractivity contribution is -0.163. The summed E-state index contributed by atoms with van der Waals surface area (Å²) in [6.45, 7) is -2.27. The molecule has 0 unspecified atom stereocenters. The van der Waals surface area contributed by atoms with E-state index in [0.717, 1.165) is 47.1 Å². The highest BCUT2D eigenvalue weighted by Gasteiger charge is 2.33. The Morgan fingerprint density at radius 2 is 2.07 bits per heavy atom. The van der Waals surface area contributed by atoms with Gasteiger partial charge in [0.05, 0.1) is 24.5 Å². The quantitative estimate of drug-likeness (QED) is 0.566. The lowest BCUT2D eigenvalue weighted by Crippen LogP contribution is -2.41. The van der Waals surface area contributed by atoms with Gasteiger partial charge in [0.2, 0.25) is 5.91 Å². The van der Waals surface area contributed by atoms with Crippen LogP contribution in [0.3, 0.4) is 0 Å². The Hall–Kier alpha value is -2.62. The van der Waals surface area contributed by atoms with Gasteiger partial charge < -0.3 is 9.32 Å². The summed E-state index contributed by atoms with van der Waals surface area (Å²) in [6.07, 6.45) is 2.82. The third kappa shape index (κ3) is 4.43. The Morgan fingerprint density at radius 3 is 2.80 bits per heavy atom. The first kappa shape index (κ1) is 20.6. The number of hydrogen-bond donors (Lipinski definition) is 0. The number of aryl methyl sites for hydroxylation is 2. The van der Waals surface area contributed by atoms with E-state index in [2.05, 4.69) is 4.98 Å². The highest BCUT2D eigenvalue weighted by molar-refractivity contribution is 7.18. The van der Waals surface area contributed by atoms with Crippen LogP contribution >= 0.6 is 11.3 Å². The van der Waals surface area contributed by atoms with Crippen LogP contribution in [-0.4, -0.2) is 33.1 Å². The second-order valence-corrected chi connectivity index (χ2v) is 8.45. The molecule has 0 saturated carbocycles. The molecule has 0 bridgehead atoms. The fraction of sp³-hybridized carbons (Fsp3) is 0.450. The fourth-order valence-corrected chi connectivity index (χ4v) is 4.98. The number of halogens is 3. The maximum atomic E-state index is 13.1. The number of fused-ring (bicyclic) bond motifs is 3. The molecule has 0 aromatic carbocycles. The van der Waals surface area contributed by atoms with Gasteiger partial charge in [-0.3, -0.25) is 14.2 Å². The Bertz CT molecular complexity index is 1100. The van der Waals surface area contributed by atoms with Crippen LogP contribution in [0, 0.1) is 0 Å². The molecule has 0 fully saturated rings. The van der Waals surface area contributed by atoms with Crippen LogP contribution in [0.25, 0.3) is 10.2 Å². The Labute approximate surface area is 173 Å². The first-order valence-electron chi connectivity index (χ1n) is 9.68. The van der Waals surface area contributed by atoms with E-state index in [1.807, 2.05) is 0 Å². The molecule has 1 amide bonds. The summed E-state index contributed by atoms with van der Waals surface area (Å²) in [5, 5.41) is 0.501. The summed E-state index contributed by atoms with van der Waals surface area (Å²) in [5.74, 6) is -0.593. The average molecular weight is 439 g/mol. The van der Waals surface area contributed by atoms with Gasteiger partial charge in [0.15, 0.2) is 0 Å². The van der Waals surface area contributed by atoms with E-state index in [0.29, 0.717) is 15.1 Å². The van der Waals surface area contributed by atoms with E-state index in [1.54, 1.807) is 0 Å². The highest BCUT2D eigenvalue weighted by Crippen LogP contribution is 2.32. The molecule has 3 heterocycles. The molecule has 4 rings (SSSR count). The van der Waals surface area contributed by atoms with E-state index in [1.165, 1.54) is 36.1 Å². The van der Waals surface area contributed by atoms with Crippen LogP contribution in [0.4, 0.5) is 13.2 Å². The molecule has 0 spiro atoms. The number of furan rings is 1. The van der Waals surface area contributed by atoms with Gasteiger partial charge >= 0.3 is 6.18 Å². The van der Waals surface area contributed by atoms with E-state index in [4.69, 9.17) is 4.42 Å². The molecule has 30 heavy (non-hydrogen) atoms. The van der Waals surface area contributed by atoms with Gasteiger partial charge in [-0.2, -0.15) is 13.2 Å². The van der Waals surface area contributed by atoms with Crippen molar-refractivity contribution in [1.29, 1.82) is 0 Å². The lowest BCUT2D eigenvalue weighted by Gasteiger charge is -2.23. The molecule has 1 aliphatic carbocycles. The lowest BCUT2D eigenvalue weighted by atomic mass is 10.1. The second-order valence-electron chi connectivity index (χ2n) is 7.37. The zero-order valence-corrected chi connectivity index (χ0v) is 16.9. The van der Waals surface area contributed by atoms with Crippen LogP contribution in [0.2, 0.25) is 0 Å². The van der Waals surface area contributed by atoms with Crippen LogP contribution in [0.5, 0.6) is 0 Å². The molecule has 3 aromatic heterocycles. The molecular formula is C20H20F3N3O3S. The van der Waals surface area contributed by atoms with E-state index in [9.17, 15) is 22.8 Å². The first-order valence-corrected chi connectivity index (χ1v) is 10.5. The molecule has 10 heteroatoms. The number of aromatic nitrogens is 2. The fourth-order valence-electron chi connectivity index (χ4n) is 3.76. The maximum Gasteiger partial charge on any atom is 0.406 e. The normalized spacial score (nSPS) is 14.5. The number of thiophene rings is 1. The van der Waals surface area contributed by atoms with E-state index >= 15 is 0 Å². The third-order valence-corrected chi connectivity index (χ3v) is 6.35. The standard InChI is InChI=1S/C20H20F3N3O3S/c21-20(22,23)11-25(9-13-5-4-8-29-13)16(27)10-26-12-24-18-17(19(26)28)14-6-2-1-3-7-15(14)30-18/h4-5,8,12H,1-3,6-7,9-11H2. The van der Waals surface area contributed by atoms with Gasteiger partial charge in [-0.05, 0) is 43.4 Å². The SMILES string of the molecule is O=C(Cn1cnc2sc3c(c2c1=O)CCCCC3)N(Cc1ccco1)CC(F)(F)F. The minimum Gasteiger partial charge on any atom is -0.467 e. The second kappa shape index (κ2) is 8.25. The van der Waals surface area contributed by atoms with Crippen molar-refractivity contribution in [3.63, 3.8) is 0 Å². The van der Waals surface area contributed by atoms with Crippen LogP contribution in [0.1, 0.15) is 35.5 Å². The molecule has 0 radical (unpaired) electrons. The highest BCUT2D eigenvalue weighted by atomic mass is 32.1. The Kier molecular flexibility index (Phi) is 5.68. The number of carbonyl (C=O) groups is 1. The number of nitrogens with zero attached hydrogens (tertiary/aromatic N) is 3. The Morgan fingerprint density at radius 1 is 1.27 bits per heavy atom. The molecule has 0 saturated heterocycles. The number of amides is 1. The van der Waals surface area contributed by atoms with Crippen molar-refractivity contribution in [2.45, 2.75) is 51.4 Å². The Balaban J connectivity index is 1.62. The molecule has 0 N–H and O–H groups in total. The monoisotopic (exact) mass is 439 g/mol. The predicted octanol–water partition coefficient (Wildman–Crippen LogP) is 3.91. The van der Waals surface area contributed by atoms with Crippen molar-refractivity contribution >= 4 is 27.5 Å². The van der Waals surface area contributed by atoms with Gasteiger partial charge in [-0.1, -0.05) is 6.42 Å². The zero-order valence-electron chi connectivity index (χ0n) is 16.1. The number of alkyl halides is 3. The molecule has 0 aliphatic heterocycles. The molecule has 3 aromatic rings. The third-order valence-electron chi connectivity index (χ3n) is 5.15. The van der Waals surface area contributed by atoms with E-state index in [-0.39, 0.29) is 17.9 Å². The topological polar surface area (TPSA) is 68.3 Å². The smallest absolute Gasteiger partial charge is 0.406 e. The molecular weight excluding hydrogens is 419 g/mol. The van der Waals surface area contributed by atoms with Crippen LogP contribution in [-0.2, 0) is 30.7 Å². The summed E-state index contributed by atoms with van der Waals surface area (Å²) < 4.78 is 45.2. The summed E-state index contributed by atoms with van der Waals surface area (Å²) in [6, 6.07) is 3.03. The average Bonchev–Trinajstić information content (AvgIpc) is 3.25. The van der Waals surface area contributed by atoms with Crippen molar-refractivity contribution in [3.05, 3.63) is 51.3 Å². The number of hydrogen-bond acceptors (Lipinski definition) is 5. The predicted molar refractivity (Wildman–Crippen MR) is 105 cm³/mol. The van der Waals surface area contributed by atoms with E-state index < -0.39 is 25.2 Å². The minimum absolute atomic E-state index is 0.233. The van der Waals surface area contributed by atoms with Gasteiger partial charge in [0, 0.05) is 4.88 Å².